The molecule has 1 aliphatic heterocycles. The van der Waals surface area contributed by atoms with Gasteiger partial charge in [-0.1, -0.05) is 6.07 Å². The molecule has 4 heterocycles. The van der Waals surface area contributed by atoms with E-state index in [9.17, 15) is 31.4 Å². The maximum absolute atomic E-state index is 14.6. The van der Waals surface area contributed by atoms with Gasteiger partial charge in [0, 0.05) is 24.4 Å². The van der Waals surface area contributed by atoms with Crippen molar-refractivity contribution in [1.29, 1.82) is 0 Å². The summed E-state index contributed by atoms with van der Waals surface area (Å²) in [6.45, 7) is 1.27. The molecule has 0 bridgehead atoms. The number of rotatable bonds is 4. The van der Waals surface area contributed by atoms with Crippen LogP contribution in [0.15, 0.2) is 30.6 Å². The van der Waals surface area contributed by atoms with Gasteiger partial charge in [0.05, 0.1) is 17.9 Å². The van der Waals surface area contributed by atoms with Gasteiger partial charge in [0.25, 0.3) is 0 Å². The average molecular weight is 459 g/mol. The fraction of sp³-hybridized carbons (Fsp3) is 0.400. The second-order valence-electron chi connectivity index (χ2n) is 7.77. The molecule has 0 spiro atoms. The van der Waals surface area contributed by atoms with Crippen LogP contribution in [0, 0.1) is 11.6 Å². The van der Waals surface area contributed by atoms with E-state index >= 15 is 0 Å². The zero-order chi connectivity index (χ0) is 23.3. The number of aliphatic hydroxyl groups is 1. The first kappa shape index (κ1) is 22.3. The van der Waals surface area contributed by atoms with E-state index in [1.807, 2.05) is 0 Å². The number of nitrogens with one attached hydrogen (secondary N) is 2. The molecule has 1 aliphatic rings. The number of imidazole rings is 1. The minimum Gasteiger partial charge on any atom is -0.376 e. The number of hydrogen-bond acceptors (Lipinski definition) is 5. The first-order chi connectivity index (χ1) is 15.0. The molecule has 3 atom stereocenters. The summed E-state index contributed by atoms with van der Waals surface area (Å²) in [5, 5.41) is 15.6. The number of piperidine rings is 1. The Kier molecular flexibility index (Phi) is 5.53. The average Bonchev–Trinajstić information content (AvgIpc) is 3.13. The molecule has 4 rings (SSSR count). The van der Waals surface area contributed by atoms with Gasteiger partial charge >= 0.3 is 6.18 Å². The van der Waals surface area contributed by atoms with E-state index < -0.39 is 52.7 Å². The highest BCUT2D eigenvalue weighted by atomic mass is 19.4. The van der Waals surface area contributed by atoms with Crippen LogP contribution in [0.1, 0.15) is 18.9 Å². The van der Waals surface area contributed by atoms with Gasteiger partial charge in [0.15, 0.2) is 23.1 Å². The van der Waals surface area contributed by atoms with Gasteiger partial charge in [-0.3, -0.25) is 4.40 Å². The number of anilines is 1. The van der Waals surface area contributed by atoms with E-state index in [4.69, 9.17) is 0 Å². The van der Waals surface area contributed by atoms with E-state index in [2.05, 4.69) is 20.6 Å². The van der Waals surface area contributed by atoms with E-state index in [1.54, 1.807) is 0 Å². The number of nitrogens with zero attached hydrogens (tertiary/aromatic N) is 3. The highest BCUT2D eigenvalue weighted by Crippen LogP contribution is 2.39. The van der Waals surface area contributed by atoms with Crippen molar-refractivity contribution >= 4 is 11.5 Å². The second kappa shape index (κ2) is 7.93. The molecular formula is C20H19F6N5O. The van der Waals surface area contributed by atoms with E-state index in [0.717, 1.165) is 22.9 Å². The Hall–Kier alpha value is -2.86. The minimum atomic E-state index is -4.96. The van der Waals surface area contributed by atoms with Crippen LogP contribution in [0.2, 0.25) is 0 Å². The Morgan fingerprint density at radius 3 is 2.66 bits per heavy atom. The highest BCUT2D eigenvalue weighted by molar-refractivity contribution is 5.63. The predicted octanol–water partition coefficient (Wildman–Crippen LogP) is 3.56. The Balaban J connectivity index is 1.77. The second-order valence-corrected chi connectivity index (χ2v) is 7.77. The van der Waals surface area contributed by atoms with Crippen molar-refractivity contribution in [3.05, 3.63) is 47.8 Å². The normalized spacial score (nSPS) is 21.5. The fourth-order valence-corrected chi connectivity index (χ4v) is 3.50. The van der Waals surface area contributed by atoms with Crippen LogP contribution in [-0.2, 0) is 5.60 Å². The van der Waals surface area contributed by atoms with Gasteiger partial charge in [-0.15, -0.1) is 0 Å². The van der Waals surface area contributed by atoms with Crippen molar-refractivity contribution in [1.82, 2.24) is 19.7 Å². The zero-order valence-corrected chi connectivity index (χ0v) is 16.7. The molecule has 0 aliphatic carbocycles. The van der Waals surface area contributed by atoms with E-state index in [-0.39, 0.29) is 24.3 Å². The van der Waals surface area contributed by atoms with E-state index in [1.165, 1.54) is 6.07 Å². The number of alkyl halides is 4. The molecule has 1 fully saturated rings. The highest BCUT2D eigenvalue weighted by Gasteiger charge is 2.51. The van der Waals surface area contributed by atoms with Crippen LogP contribution in [0.25, 0.3) is 17.0 Å². The van der Waals surface area contributed by atoms with Crippen molar-refractivity contribution in [2.45, 2.75) is 37.3 Å². The van der Waals surface area contributed by atoms with Crippen LogP contribution in [0.5, 0.6) is 0 Å². The van der Waals surface area contributed by atoms with Crippen LogP contribution in [-0.4, -0.2) is 51.0 Å². The molecule has 6 nitrogen and oxygen atoms in total. The predicted molar refractivity (Wildman–Crippen MR) is 104 cm³/mol. The summed E-state index contributed by atoms with van der Waals surface area (Å²) in [5.41, 5.74) is -3.99. The maximum Gasteiger partial charge on any atom is 0.421 e. The maximum atomic E-state index is 14.6. The largest absolute Gasteiger partial charge is 0.421 e. The number of hydrogen-bond donors (Lipinski definition) is 3. The monoisotopic (exact) mass is 459 g/mol. The first-order valence-corrected chi connectivity index (χ1v) is 9.73. The third kappa shape index (κ3) is 3.88. The molecule has 12 heteroatoms. The summed E-state index contributed by atoms with van der Waals surface area (Å²) in [6, 6.07) is 2.04. The number of halogens is 6. The number of pyridine rings is 2. The first-order valence-electron chi connectivity index (χ1n) is 9.73. The van der Waals surface area contributed by atoms with Crippen LogP contribution in [0.4, 0.5) is 32.2 Å². The SMILES string of the molecule is CC(O)(c1ccc2ncc(-c3nc(NC4CNCCC4F)c(F)cc3F)n2c1)C(F)(F)F. The molecule has 32 heavy (non-hydrogen) atoms. The molecule has 0 radical (unpaired) electrons. The standard InChI is InChI=1S/C20H19F6N5O/c1-19(32,20(24,25)26)10-2-3-16-28-8-15(31(16)9-10)17-12(22)6-13(23)18(30-17)29-14-7-27-5-4-11(14)21/h2-3,6,8-9,11,14,27,32H,4-5,7H2,1H3,(H,29,30). The van der Waals surface area contributed by atoms with Gasteiger partial charge in [-0.2, -0.15) is 13.2 Å². The van der Waals surface area contributed by atoms with E-state index in [0.29, 0.717) is 19.5 Å². The molecule has 3 aromatic rings. The Morgan fingerprint density at radius 1 is 1.22 bits per heavy atom. The smallest absolute Gasteiger partial charge is 0.376 e. The Bertz CT molecular complexity index is 1150. The summed E-state index contributed by atoms with van der Waals surface area (Å²) in [6.07, 6.45) is -3.90. The van der Waals surface area contributed by atoms with Crippen molar-refractivity contribution < 1.29 is 31.4 Å². The van der Waals surface area contributed by atoms with Crippen molar-refractivity contribution in [2.75, 3.05) is 18.4 Å². The Labute approximate surface area is 178 Å². The number of fused-ring (bicyclic) bond motifs is 1. The third-order valence-electron chi connectivity index (χ3n) is 5.51. The van der Waals surface area contributed by atoms with Crippen LogP contribution < -0.4 is 10.6 Å². The topological polar surface area (TPSA) is 74.5 Å². The van der Waals surface area contributed by atoms with Crippen LogP contribution >= 0.6 is 0 Å². The lowest BCUT2D eigenvalue weighted by molar-refractivity contribution is -0.259. The molecule has 172 valence electrons. The zero-order valence-electron chi connectivity index (χ0n) is 16.7. The molecule has 1 saturated heterocycles. The Morgan fingerprint density at radius 2 is 1.97 bits per heavy atom. The lowest BCUT2D eigenvalue weighted by Crippen LogP contribution is -2.46. The molecule has 3 unspecified atom stereocenters. The van der Waals surface area contributed by atoms with Crippen molar-refractivity contribution in [3.8, 4) is 11.4 Å². The quantitative estimate of drug-likeness (QED) is 0.521. The van der Waals surface area contributed by atoms with Gasteiger partial charge in [-0.05, 0) is 26.0 Å². The lowest BCUT2D eigenvalue weighted by Gasteiger charge is -2.28. The third-order valence-corrected chi connectivity index (χ3v) is 5.51. The summed E-state index contributed by atoms with van der Waals surface area (Å²) in [7, 11) is 0. The lowest BCUT2D eigenvalue weighted by atomic mass is 9.97. The molecule has 0 saturated carbocycles. The van der Waals surface area contributed by atoms with Crippen molar-refractivity contribution in [3.63, 3.8) is 0 Å². The molecule has 3 N–H and O–H groups in total. The van der Waals surface area contributed by atoms with Crippen LogP contribution in [0.3, 0.4) is 0 Å². The van der Waals surface area contributed by atoms with Gasteiger partial charge < -0.3 is 15.7 Å². The summed E-state index contributed by atoms with van der Waals surface area (Å²) in [5.74, 6) is -2.52. The fourth-order valence-electron chi connectivity index (χ4n) is 3.50. The summed E-state index contributed by atoms with van der Waals surface area (Å²) in [4.78, 5) is 7.94. The van der Waals surface area contributed by atoms with Gasteiger partial charge in [-0.25, -0.2) is 23.1 Å². The van der Waals surface area contributed by atoms with Crippen molar-refractivity contribution in [2.24, 2.45) is 0 Å². The van der Waals surface area contributed by atoms with Gasteiger partial charge in [0.2, 0.25) is 0 Å². The number of aromatic nitrogens is 3. The summed E-state index contributed by atoms with van der Waals surface area (Å²) < 4.78 is 83.9. The molecular weight excluding hydrogens is 440 g/mol. The summed E-state index contributed by atoms with van der Waals surface area (Å²) >= 11 is 0. The minimum absolute atomic E-state index is 0.0704. The molecule has 0 amide bonds. The molecule has 0 aromatic carbocycles. The molecule has 3 aromatic heterocycles. The van der Waals surface area contributed by atoms with Gasteiger partial charge in [0.1, 0.15) is 17.5 Å².